The molecule has 0 aromatic rings. The summed E-state index contributed by atoms with van der Waals surface area (Å²) in [6.45, 7) is 2.63. The number of carbonyl (C=O) groups excluding carboxylic acids is 1. The summed E-state index contributed by atoms with van der Waals surface area (Å²) in [7, 11) is 1.56. The number of hydrogen-bond acceptors (Lipinski definition) is 3. The van der Waals surface area contributed by atoms with Gasteiger partial charge < -0.3 is 9.47 Å². The molecule has 0 aliphatic heterocycles. The van der Waals surface area contributed by atoms with Gasteiger partial charge in [0, 0.05) is 7.11 Å². The molecule has 0 aromatic heterocycles. The van der Waals surface area contributed by atoms with Gasteiger partial charge in [-0.15, -0.1) is 0 Å². The summed E-state index contributed by atoms with van der Waals surface area (Å²) in [6.07, 6.45) is 0. The van der Waals surface area contributed by atoms with E-state index in [2.05, 4.69) is 0 Å². The summed E-state index contributed by atoms with van der Waals surface area (Å²) < 4.78 is 9.31. The first-order valence-corrected chi connectivity index (χ1v) is 4.26. The van der Waals surface area contributed by atoms with Crippen molar-refractivity contribution in [3.63, 3.8) is 0 Å². The Balaban J connectivity index is 3.49. The van der Waals surface area contributed by atoms with Gasteiger partial charge in [0.1, 0.15) is 3.92 Å². The molecule has 0 amide bonds. The standard InChI is InChI=1S/C6H11IO3/c1-3-10-6(8)5(7)4-9-2/h5H,3-4H2,1-2H3. The van der Waals surface area contributed by atoms with E-state index < -0.39 is 0 Å². The molecule has 1 atom stereocenters. The molecule has 0 N–H and O–H groups in total. The quantitative estimate of drug-likeness (QED) is 0.428. The monoisotopic (exact) mass is 258 g/mol. The van der Waals surface area contributed by atoms with Crippen molar-refractivity contribution in [3.05, 3.63) is 0 Å². The van der Waals surface area contributed by atoms with E-state index in [0.717, 1.165) is 0 Å². The summed E-state index contributed by atoms with van der Waals surface area (Å²) in [6, 6.07) is 0. The predicted octanol–water partition coefficient (Wildman–Crippen LogP) is 1.000. The molecule has 0 rings (SSSR count). The van der Waals surface area contributed by atoms with Gasteiger partial charge in [-0.3, -0.25) is 4.79 Å². The normalized spacial score (nSPS) is 12.7. The fraction of sp³-hybridized carbons (Fsp3) is 0.833. The van der Waals surface area contributed by atoms with E-state index in [0.29, 0.717) is 13.2 Å². The average Bonchev–Trinajstić information content (AvgIpc) is 1.89. The van der Waals surface area contributed by atoms with Crippen LogP contribution in [-0.4, -0.2) is 30.2 Å². The lowest BCUT2D eigenvalue weighted by Gasteiger charge is -2.06. The van der Waals surface area contributed by atoms with Crippen molar-refractivity contribution in [3.8, 4) is 0 Å². The molecule has 0 spiro atoms. The average molecular weight is 258 g/mol. The maximum atomic E-state index is 10.8. The first kappa shape index (κ1) is 10.2. The van der Waals surface area contributed by atoms with Crippen LogP contribution in [0, 0.1) is 0 Å². The topological polar surface area (TPSA) is 35.5 Å². The molecule has 0 heterocycles. The smallest absolute Gasteiger partial charge is 0.321 e. The molecular formula is C6H11IO3. The first-order valence-electron chi connectivity index (χ1n) is 3.02. The van der Waals surface area contributed by atoms with Crippen molar-refractivity contribution < 1.29 is 14.3 Å². The Morgan fingerprint density at radius 3 is 2.70 bits per heavy atom. The van der Waals surface area contributed by atoms with Crippen LogP contribution in [0.5, 0.6) is 0 Å². The Morgan fingerprint density at radius 2 is 2.30 bits per heavy atom. The van der Waals surface area contributed by atoms with E-state index in [1.54, 1.807) is 14.0 Å². The number of alkyl halides is 1. The van der Waals surface area contributed by atoms with E-state index in [4.69, 9.17) is 9.47 Å². The van der Waals surface area contributed by atoms with E-state index in [1.165, 1.54) is 0 Å². The molecule has 1 unspecified atom stereocenters. The molecule has 0 aliphatic carbocycles. The van der Waals surface area contributed by atoms with Crippen LogP contribution in [0.25, 0.3) is 0 Å². The lowest BCUT2D eigenvalue weighted by molar-refractivity contribution is -0.142. The molecule has 4 heteroatoms. The fourth-order valence-corrected chi connectivity index (χ4v) is 0.986. The largest absolute Gasteiger partial charge is 0.465 e. The Hall–Kier alpha value is 0.160. The van der Waals surface area contributed by atoms with Gasteiger partial charge in [0.15, 0.2) is 0 Å². The van der Waals surface area contributed by atoms with Gasteiger partial charge in [0.05, 0.1) is 13.2 Å². The van der Waals surface area contributed by atoms with E-state index >= 15 is 0 Å². The number of hydrogen-bond donors (Lipinski definition) is 0. The lowest BCUT2D eigenvalue weighted by Crippen LogP contribution is -2.21. The molecule has 0 aromatic carbocycles. The molecule has 0 radical (unpaired) electrons. The SMILES string of the molecule is CCOC(=O)C(I)COC. The van der Waals surface area contributed by atoms with Gasteiger partial charge >= 0.3 is 5.97 Å². The van der Waals surface area contributed by atoms with Gasteiger partial charge in [-0.1, -0.05) is 22.6 Å². The fourth-order valence-electron chi connectivity index (χ4n) is 0.447. The number of ether oxygens (including phenoxy) is 2. The number of rotatable bonds is 4. The van der Waals surface area contributed by atoms with Crippen LogP contribution in [0.1, 0.15) is 6.92 Å². The Morgan fingerprint density at radius 1 is 1.70 bits per heavy atom. The van der Waals surface area contributed by atoms with Crippen molar-refractivity contribution in [2.45, 2.75) is 10.8 Å². The minimum Gasteiger partial charge on any atom is -0.465 e. The molecular weight excluding hydrogens is 247 g/mol. The van der Waals surface area contributed by atoms with Gasteiger partial charge in [0.2, 0.25) is 0 Å². The third kappa shape index (κ3) is 4.05. The maximum absolute atomic E-state index is 10.8. The highest BCUT2D eigenvalue weighted by Crippen LogP contribution is 2.02. The van der Waals surface area contributed by atoms with E-state index in [9.17, 15) is 4.79 Å². The maximum Gasteiger partial charge on any atom is 0.321 e. The molecule has 0 bridgehead atoms. The van der Waals surface area contributed by atoms with Crippen LogP contribution >= 0.6 is 22.6 Å². The Labute approximate surface area is 74.2 Å². The zero-order valence-electron chi connectivity index (χ0n) is 6.09. The van der Waals surface area contributed by atoms with Crippen molar-refractivity contribution in [2.24, 2.45) is 0 Å². The van der Waals surface area contributed by atoms with Crippen LogP contribution in [0.15, 0.2) is 0 Å². The summed E-state index contributed by atoms with van der Waals surface area (Å²) in [5, 5.41) is 0. The second-order valence-electron chi connectivity index (χ2n) is 1.67. The highest BCUT2D eigenvalue weighted by atomic mass is 127. The van der Waals surface area contributed by atoms with Crippen molar-refractivity contribution in [1.82, 2.24) is 0 Å². The van der Waals surface area contributed by atoms with Crippen LogP contribution in [0.3, 0.4) is 0 Å². The van der Waals surface area contributed by atoms with Crippen molar-refractivity contribution >= 4 is 28.6 Å². The number of carbonyl (C=O) groups is 1. The molecule has 3 nitrogen and oxygen atoms in total. The van der Waals surface area contributed by atoms with Gasteiger partial charge in [-0.05, 0) is 6.92 Å². The molecule has 0 saturated carbocycles. The number of methoxy groups -OCH3 is 1. The third-order valence-corrected chi connectivity index (χ3v) is 1.72. The highest BCUT2D eigenvalue weighted by molar-refractivity contribution is 14.1. The van der Waals surface area contributed by atoms with Crippen LogP contribution < -0.4 is 0 Å². The zero-order valence-corrected chi connectivity index (χ0v) is 8.25. The van der Waals surface area contributed by atoms with Crippen LogP contribution in [-0.2, 0) is 14.3 Å². The van der Waals surface area contributed by atoms with Gasteiger partial charge in [-0.2, -0.15) is 0 Å². The van der Waals surface area contributed by atoms with E-state index in [-0.39, 0.29) is 9.89 Å². The number of halogens is 1. The van der Waals surface area contributed by atoms with Crippen LogP contribution in [0.2, 0.25) is 0 Å². The third-order valence-electron chi connectivity index (χ3n) is 0.855. The van der Waals surface area contributed by atoms with Gasteiger partial charge in [-0.25, -0.2) is 0 Å². The van der Waals surface area contributed by atoms with E-state index in [1.807, 2.05) is 22.6 Å². The van der Waals surface area contributed by atoms with Crippen molar-refractivity contribution in [2.75, 3.05) is 20.3 Å². The summed E-state index contributed by atoms with van der Waals surface area (Å²) in [5.41, 5.74) is 0. The summed E-state index contributed by atoms with van der Waals surface area (Å²) in [4.78, 5) is 10.8. The van der Waals surface area contributed by atoms with Crippen molar-refractivity contribution in [1.29, 1.82) is 0 Å². The molecule has 0 aliphatic rings. The first-order chi connectivity index (χ1) is 4.72. The Bertz CT molecular complexity index is 105. The lowest BCUT2D eigenvalue weighted by atomic mass is 10.5. The molecule has 0 fully saturated rings. The van der Waals surface area contributed by atoms with Gasteiger partial charge in [0.25, 0.3) is 0 Å². The molecule has 10 heavy (non-hydrogen) atoms. The molecule has 0 saturated heterocycles. The summed E-state index contributed by atoms with van der Waals surface area (Å²) in [5.74, 6) is -0.204. The molecule has 60 valence electrons. The second kappa shape index (κ2) is 5.91. The minimum absolute atomic E-state index is 0.178. The minimum atomic E-state index is -0.204. The second-order valence-corrected chi connectivity index (χ2v) is 3.18. The predicted molar refractivity (Wildman–Crippen MR) is 46.3 cm³/mol. The highest BCUT2D eigenvalue weighted by Gasteiger charge is 2.14. The van der Waals surface area contributed by atoms with Crippen LogP contribution in [0.4, 0.5) is 0 Å². The zero-order chi connectivity index (χ0) is 7.98. The number of esters is 1. The summed E-state index contributed by atoms with van der Waals surface area (Å²) >= 11 is 1.99. The Kier molecular flexibility index (Phi) is 6.00.